The number of nitrogens with one attached hydrogen (secondary N) is 1. The highest BCUT2D eigenvalue weighted by Crippen LogP contribution is 2.15. The normalized spacial score (nSPS) is 12.8. The van der Waals surface area contributed by atoms with E-state index in [-0.39, 0.29) is 0 Å². The van der Waals surface area contributed by atoms with Gasteiger partial charge < -0.3 is 5.32 Å². The van der Waals surface area contributed by atoms with Crippen LogP contribution in [0.15, 0.2) is 12.4 Å². The second kappa shape index (κ2) is 6.74. The third kappa shape index (κ3) is 4.39. The van der Waals surface area contributed by atoms with E-state index in [0.717, 1.165) is 17.9 Å². The largest absolute Gasteiger partial charge is 0.367 e. The molecule has 16 heavy (non-hydrogen) atoms. The first kappa shape index (κ1) is 13.3. The Kier molecular flexibility index (Phi) is 5.60. The molecule has 1 aromatic rings. The Hall–Kier alpha value is -0.770. The summed E-state index contributed by atoms with van der Waals surface area (Å²) in [7, 11) is 0. The van der Waals surface area contributed by atoms with Crippen molar-refractivity contribution in [2.45, 2.75) is 39.2 Å². The zero-order valence-electron chi connectivity index (χ0n) is 10.5. The number of rotatable bonds is 6. The van der Waals surface area contributed by atoms with Crippen LogP contribution in [0.25, 0.3) is 0 Å². The molecule has 1 aromatic heterocycles. The minimum Gasteiger partial charge on any atom is -0.367 e. The molecule has 1 unspecified atom stereocenters. The quantitative estimate of drug-likeness (QED) is 0.827. The fourth-order valence-corrected chi connectivity index (χ4v) is 1.98. The van der Waals surface area contributed by atoms with Crippen molar-refractivity contribution in [3.8, 4) is 0 Å². The summed E-state index contributed by atoms with van der Waals surface area (Å²) in [5.74, 6) is 2.56. The monoisotopic (exact) mass is 239 g/mol. The maximum Gasteiger partial charge on any atom is 0.129 e. The summed E-state index contributed by atoms with van der Waals surface area (Å²) in [5.41, 5.74) is 1.09. The van der Waals surface area contributed by atoms with Crippen LogP contribution in [-0.2, 0) is 0 Å². The molecule has 0 aliphatic carbocycles. The highest BCUT2D eigenvalue weighted by Gasteiger charge is 2.05. The van der Waals surface area contributed by atoms with Crippen molar-refractivity contribution < 1.29 is 0 Å². The van der Waals surface area contributed by atoms with Crippen LogP contribution in [0, 0.1) is 0 Å². The van der Waals surface area contributed by atoms with Crippen LogP contribution in [0.1, 0.15) is 38.8 Å². The van der Waals surface area contributed by atoms with E-state index in [2.05, 4.69) is 42.3 Å². The van der Waals surface area contributed by atoms with E-state index in [1.165, 1.54) is 5.75 Å². The highest BCUT2D eigenvalue weighted by molar-refractivity contribution is 7.98. The third-order valence-electron chi connectivity index (χ3n) is 2.43. The number of aromatic nitrogens is 2. The molecule has 0 aliphatic rings. The second-order valence-corrected chi connectivity index (χ2v) is 5.30. The zero-order chi connectivity index (χ0) is 12.0. The van der Waals surface area contributed by atoms with Crippen LogP contribution >= 0.6 is 11.8 Å². The molecule has 1 rings (SSSR count). The maximum atomic E-state index is 4.25. The standard InChI is InChI=1S/C12H21N3S/c1-9(2)11-7-12(14-8-13-11)15-10(3)5-6-16-4/h7-10H,5-6H2,1-4H3,(H,13,14,15). The number of nitrogens with zero attached hydrogens (tertiary/aromatic N) is 2. The molecular weight excluding hydrogens is 218 g/mol. The number of thioether (sulfide) groups is 1. The lowest BCUT2D eigenvalue weighted by atomic mass is 10.1. The summed E-state index contributed by atoms with van der Waals surface area (Å²) < 4.78 is 0. The minimum atomic E-state index is 0.449. The lowest BCUT2D eigenvalue weighted by Gasteiger charge is -2.14. The van der Waals surface area contributed by atoms with E-state index in [1.54, 1.807) is 6.33 Å². The van der Waals surface area contributed by atoms with E-state index in [4.69, 9.17) is 0 Å². The Balaban J connectivity index is 2.56. The van der Waals surface area contributed by atoms with Gasteiger partial charge in [0.05, 0.1) is 0 Å². The summed E-state index contributed by atoms with van der Waals surface area (Å²) in [6, 6.07) is 2.50. The number of hydrogen-bond donors (Lipinski definition) is 1. The Morgan fingerprint density at radius 2 is 2.06 bits per heavy atom. The number of hydrogen-bond acceptors (Lipinski definition) is 4. The van der Waals surface area contributed by atoms with Gasteiger partial charge in [-0.3, -0.25) is 0 Å². The highest BCUT2D eigenvalue weighted by atomic mass is 32.2. The average Bonchev–Trinajstić information content (AvgIpc) is 2.26. The molecule has 0 spiro atoms. The van der Waals surface area contributed by atoms with Crippen LogP contribution in [0.4, 0.5) is 5.82 Å². The van der Waals surface area contributed by atoms with Gasteiger partial charge in [0.1, 0.15) is 12.1 Å². The van der Waals surface area contributed by atoms with Gasteiger partial charge in [0.15, 0.2) is 0 Å². The van der Waals surface area contributed by atoms with Crippen molar-refractivity contribution in [3.05, 3.63) is 18.1 Å². The zero-order valence-corrected chi connectivity index (χ0v) is 11.3. The summed E-state index contributed by atoms with van der Waals surface area (Å²) in [4.78, 5) is 8.49. The average molecular weight is 239 g/mol. The van der Waals surface area contributed by atoms with Crippen molar-refractivity contribution in [1.29, 1.82) is 0 Å². The van der Waals surface area contributed by atoms with Gasteiger partial charge in [-0.25, -0.2) is 9.97 Å². The molecule has 90 valence electrons. The Bertz CT molecular complexity index is 315. The molecule has 1 heterocycles. The van der Waals surface area contributed by atoms with Crippen LogP contribution in [0.2, 0.25) is 0 Å². The predicted molar refractivity (Wildman–Crippen MR) is 72.2 cm³/mol. The molecule has 0 amide bonds. The van der Waals surface area contributed by atoms with E-state index < -0.39 is 0 Å². The molecule has 0 aliphatic heterocycles. The topological polar surface area (TPSA) is 37.8 Å². The lowest BCUT2D eigenvalue weighted by Crippen LogP contribution is -2.17. The van der Waals surface area contributed by atoms with Crippen LogP contribution in [0.3, 0.4) is 0 Å². The molecule has 0 saturated heterocycles. The SMILES string of the molecule is CSCCC(C)Nc1cc(C(C)C)ncn1. The third-order valence-corrected chi connectivity index (χ3v) is 3.07. The predicted octanol–water partition coefficient (Wildman–Crippen LogP) is 3.15. The van der Waals surface area contributed by atoms with Crippen molar-refractivity contribution in [2.24, 2.45) is 0 Å². The van der Waals surface area contributed by atoms with Crippen LogP contribution in [0.5, 0.6) is 0 Å². The fraction of sp³-hybridized carbons (Fsp3) is 0.667. The van der Waals surface area contributed by atoms with E-state index >= 15 is 0 Å². The first-order chi connectivity index (χ1) is 7.63. The van der Waals surface area contributed by atoms with Gasteiger partial charge in [0.25, 0.3) is 0 Å². The Morgan fingerprint density at radius 3 is 2.69 bits per heavy atom. The number of anilines is 1. The molecule has 1 N–H and O–H groups in total. The summed E-state index contributed by atoms with van der Waals surface area (Å²) >= 11 is 1.88. The van der Waals surface area contributed by atoms with Crippen LogP contribution < -0.4 is 5.32 Å². The smallest absolute Gasteiger partial charge is 0.129 e. The van der Waals surface area contributed by atoms with Gasteiger partial charge in [-0.1, -0.05) is 13.8 Å². The molecule has 0 fully saturated rings. The summed E-state index contributed by atoms with van der Waals surface area (Å²) in [6.45, 7) is 6.47. The molecule has 3 nitrogen and oxygen atoms in total. The summed E-state index contributed by atoms with van der Waals surface area (Å²) in [5, 5.41) is 3.41. The van der Waals surface area contributed by atoms with Gasteiger partial charge in [-0.05, 0) is 31.3 Å². The van der Waals surface area contributed by atoms with Gasteiger partial charge in [0, 0.05) is 17.8 Å². The molecule has 1 atom stereocenters. The maximum absolute atomic E-state index is 4.25. The fourth-order valence-electron chi connectivity index (χ4n) is 1.39. The van der Waals surface area contributed by atoms with Crippen molar-refractivity contribution in [3.63, 3.8) is 0 Å². The van der Waals surface area contributed by atoms with Gasteiger partial charge >= 0.3 is 0 Å². The summed E-state index contributed by atoms with van der Waals surface area (Å²) in [6.07, 6.45) is 4.93. The molecular formula is C12H21N3S. The van der Waals surface area contributed by atoms with Crippen molar-refractivity contribution in [2.75, 3.05) is 17.3 Å². The second-order valence-electron chi connectivity index (χ2n) is 4.31. The Labute approximate surface area is 102 Å². The van der Waals surface area contributed by atoms with Gasteiger partial charge in [-0.15, -0.1) is 0 Å². The Morgan fingerprint density at radius 1 is 1.31 bits per heavy atom. The molecule has 0 aromatic carbocycles. The molecule has 4 heteroatoms. The molecule has 0 saturated carbocycles. The molecule has 0 radical (unpaired) electrons. The van der Waals surface area contributed by atoms with Crippen molar-refractivity contribution in [1.82, 2.24) is 9.97 Å². The van der Waals surface area contributed by atoms with E-state index in [0.29, 0.717) is 12.0 Å². The first-order valence-corrected chi connectivity index (χ1v) is 7.10. The molecule has 0 bridgehead atoms. The van der Waals surface area contributed by atoms with Gasteiger partial charge in [0.2, 0.25) is 0 Å². The van der Waals surface area contributed by atoms with E-state index in [1.807, 2.05) is 17.8 Å². The van der Waals surface area contributed by atoms with Crippen LogP contribution in [-0.4, -0.2) is 28.0 Å². The van der Waals surface area contributed by atoms with Gasteiger partial charge in [-0.2, -0.15) is 11.8 Å². The van der Waals surface area contributed by atoms with E-state index in [9.17, 15) is 0 Å². The first-order valence-electron chi connectivity index (χ1n) is 5.71. The van der Waals surface area contributed by atoms with Crippen molar-refractivity contribution >= 4 is 17.6 Å². The lowest BCUT2D eigenvalue weighted by molar-refractivity contribution is 0.760. The minimum absolute atomic E-state index is 0.449.